The van der Waals surface area contributed by atoms with E-state index < -0.39 is 12.2 Å². The Kier molecular flexibility index (Phi) is 31.8. The molecule has 46 heavy (non-hydrogen) atoms. The van der Waals surface area contributed by atoms with E-state index in [1.54, 1.807) is 0 Å². The Bertz CT molecular complexity index is 564. The molecular weight excluding hydrogens is 572 g/mol. The van der Waals surface area contributed by atoms with Gasteiger partial charge in [-0.3, -0.25) is 0 Å². The lowest BCUT2D eigenvalue weighted by atomic mass is 10.1. The van der Waals surface area contributed by atoms with E-state index in [-0.39, 0.29) is 0 Å². The molecule has 0 saturated carbocycles. The van der Waals surface area contributed by atoms with Gasteiger partial charge in [-0.15, -0.1) is 0 Å². The second kappa shape index (κ2) is 32.0. The van der Waals surface area contributed by atoms with Crippen LogP contribution in [0.3, 0.4) is 0 Å². The van der Waals surface area contributed by atoms with Crippen LogP contribution in [0.2, 0.25) is 0 Å². The van der Waals surface area contributed by atoms with E-state index in [1.165, 1.54) is 154 Å². The molecule has 2 unspecified atom stereocenters. The highest BCUT2D eigenvalue weighted by Crippen LogP contribution is 2.14. The second-order valence-corrected chi connectivity index (χ2v) is 15.9. The van der Waals surface area contributed by atoms with E-state index in [1.807, 2.05) is 0 Å². The van der Waals surface area contributed by atoms with Crippen LogP contribution in [0.15, 0.2) is 0 Å². The highest BCUT2D eigenvalue weighted by molar-refractivity contribution is 4.56. The number of likely N-dealkylation sites (N-methyl/N-ethyl adjacent to an activating group) is 2. The zero-order valence-electron chi connectivity index (χ0n) is 32.4. The molecule has 6 nitrogen and oxygen atoms in total. The Morgan fingerprint density at radius 1 is 0.391 bits per heavy atom. The van der Waals surface area contributed by atoms with Crippen LogP contribution in [0.4, 0.5) is 0 Å². The van der Waals surface area contributed by atoms with Gasteiger partial charge in [0, 0.05) is 0 Å². The van der Waals surface area contributed by atoms with Crippen molar-refractivity contribution in [3.05, 3.63) is 0 Å². The molecular formula is C40H86N2O4+2. The van der Waals surface area contributed by atoms with Crippen molar-refractivity contribution in [1.82, 2.24) is 0 Å². The number of hydrogen-bond donors (Lipinski definition) is 2. The maximum absolute atomic E-state index is 10.5. The first-order valence-corrected chi connectivity index (χ1v) is 20.3. The van der Waals surface area contributed by atoms with Gasteiger partial charge >= 0.3 is 0 Å². The van der Waals surface area contributed by atoms with Crippen LogP contribution >= 0.6 is 0 Å². The molecule has 0 aliphatic heterocycles. The number of rotatable bonds is 37. The molecule has 0 aromatic rings. The molecule has 0 saturated heterocycles. The highest BCUT2D eigenvalue weighted by Gasteiger charge is 2.21. The lowest BCUT2D eigenvalue weighted by molar-refractivity contribution is -0.893. The Labute approximate surface area is 289 Å². The summed E-state index contributed by atoms with van der Waals surface area (Å²) in [6.07, 6.45) is 32.0. The minimum absolute atomic E-state index is 0.342. The molecule has 2 atom stereocenters. The minimum Gasteiger partial charge on any atom is -0.385 e. The van der Waals surface area contributed by atoms with Crippen molar-refractivity contribution in [3.63, 3.8) is 0 Å². The van der Waals surface area contributed by atoms with Gasteiger partial charge < -0.3 is 28.7 Å². The number of unbranched alkanes of at least 4 members (excludes halogenated alkanes) is 22. The van der Waals surface area contributed by atoms with Crippen molar-refractivity contribution in [2.45, 2.75) is 180 Å². The van der Waals surface area contributed by atoms with Gasteiger partial charge in [0.1, 0.15) is 25.3 Å². The van der Waals surface area contributed by atoms with Crippen LogP contribution in [0.25, 0.3) is 0 Å². The number of ether oxygens (including phenoxy) is 2. The topological polar surface area (TPSA) is 58.9 Å². The van der Waals surface area contributed by atoms with Crippen LogP contribution in [0.1, 0.15) is 168 Å². The summed E-state index contributed by atoms with van der Waals surface area (Å²) in [5.41, 5.74) is 0. The van der Waals surface area contributed by atoms with Gasteiger partial charge in [0.25, 0.3) is 0 Å². The van der Waals surface area contributed by atoms with Crippen molar-refractivity contribution < 1.29 is 28.7 Å². The molecule has 0 bridgehead atoms. The summed E-state index contributed by atoms with van der Waals surface area (Å²) >= 11 is 0. The molecule has 0 radical (unpaired) electrons. The maximum Gasteiger partial charge on any atom is 0.126 e. The Morgan fingerprint density at radius 2 is 0.630 bits per heavy atom. The Morgan fingerprint density at radius 3 is 0.891 bits per heavy atom. The van der Waals surface area contributed by atoms with E-state index in [9.17, 15) is 10.2 Å². The number of aliphatic hydroxyl groups is 2. The van der Waals surface area contributed by atoms with Crippen molar-refractivity contribution >= 4 is 0 Å². The van der Waals surface area contributed by atoms with Crippen molar-refractivity contribution in [1.29, 1.82) is 0 Å². The molecule has 0 aromatic heterocycles. The average molecular weight is 659 g/mol. The summed E-state index contributed by atoms with van der Waals surface area (Å²) < 4.78 is 13.1. The number of aliphatic hydroxyl groups excluding tert-OH is 2. The molecule has 2 N–H and O–H groups in total. The van der Waals surface area contributed by atoms with E-state index in [4.69, 9.17) is 9.47 Å². The van der Waals surface area contributed by atoms with Gasteiger partial charge in [-0.05, 0) is 25.7 Å². The summed E-state index contributed by atoms with van der Waals surface area (Å²) in [6.45, 7) is 9.78. The molecule has 0 aromatic carbocycles. The summed E-state index contributed by atoms with van der Waals surface area (Å²) in [4.78, 5) is 0. The van der Waals surface area contributed by atoms with E-state index >= 15 is 0 Å². The smallest absolute Gasteiger partial charge is 0.126 e. The third-order valence-electron chi connectivity index (χ3n) is 9.64. The molecule has 0 amide bonds. The first kappa shape index (κ1) is 45.8. The van der Waals surface area contributed by atoms with Crippen molar-refractivity contribution in [3.8, 4) is 0 Å². The van der Waals surface area contributed by atoms with Gasteiger partial charge in [0.2, 0.25) is 0 Å². The minimum atomic E-state index is -0.462. The molecule has 278 valence electrons. The zero-order valence-corrected chi connectivity index (χ0v) is 32.4. The van der Waals surface area contributed by atoms with Crippen LogP contribution in [-0.4, -0.2) is 112 Å². The van der Waals surface area contributed by atoms with Crippen LogP contribution < -0.4 is 0 Å². The van der Waals surface area contributed by atoms with E-state index in [0.717, 1.165) is 22.1 Å². The van der Waals surface area contributed by atoms with E-state index in [0.29, 0.717) is 39.5 Å². The molecule has 0 rings (SSSR count). The van der Waals surface area contributed by atoms with Gasteiger partial charge in [0.05, 0.1) is 67.7 Å². The fourth-order valence-electron chi connectivity index (χ4n) is 6.75. The van der Waals surface area contributed by atoms with Gasteiger partial charge in [-0.2, -0.15) is 0 Å². The lowest BCUT2D eigenvalue weighted by Gasteiger charge is -2.32. The van der Waals surface area contributed by atoms with Crippen molar-refractivity contribution in [2.24, 2.45) is 0 Å². The molecule has 0 heterocycles. The lowest BCUT2D eigenvalue weighted by Crippen LogP contribution is -2.47. The third-order valence-corrected chi connectivity index (χ3v) is 9.64. The first-order valence-electron chi connectivity index (χ1n) is 20.3. The molecule has 0 aliphatic rings. The van der Waals surface area contributed by atoms with Gasteiger partial charge in [-0.1, -0.05) is 142 Å². The molecule has 0 aliphatic carbocycles. The predicted molar refractivity (Wildman–Crippen MR) is 199 cm³/mol. The maximum atomic E-state index is 10.5. The summed E-state index contributed by atoms with van der Waals surface area (Å²) in [7, 11) is 8.85. The predicted octanol–water partition coefficient (Wildman–Crippen LogP) is 9.30. The van der Waals surface area contributed by atoms with E-state index in [2.05, 4.69) is 42.0 Å². The Hall–Kier alpha value is -0.240. The standard InChI is InChI=1S/C40H86N2O4/c1-7-9-11-13-15-17-19-21-23-25-27-29-31-41(3,4)35-39(43)37-45-33-34-46-38-40(44)36-42(5,6)32-30-28-26-24-22-20-18-16-14-12-10-8-2/h39-40,43-44H,7-38H2,1-6H3/q+2. The second-order valence-electron chi connectivity index (χ2n) is 15.9. The SMILES string of the molecule is CCCCCCCCCCCCCC[N+](C)(C)CC(O)COCCOCC(O)C[N+](C)(C)CCCCCCCCCCCCCC. The number of quaternary nitrogens is 2. The fourth-order valence-corrected chi connectivity index (χ4v) is 6.75. The number of hydrogen-bond acceptors (Lipinski definition) is 4. The molecule has 0 spiro atoms. The third kappa shape index (κ3) is 33.7. The van der Waals surface area contributed by atoms with Crippen LogP contribution in [0, 0.1) is 0 Å². The van der Waals surface area contributed by atoms with Gasteiger partial charge in [-0.25, -0.2) is 0 Å². The number of nitrogens with zero attached hydrogens (tertiary/aromatic N) is 2. The highest BCUT2D eigenvalue weighted by atomic mass is 16.5. The van der Waals surface area contributed by atoms with Crippen molar-refractivity contribution in [2.75, 3.05) is 80.8 Å². The normalized spacial score (nSPS) is 13.8. The fraction of sp³-hybridized carbons (Fsp3) is 1.00. The Balaban J connectivity index is 3.67. The molecule has 6 heteroatoms. The monoisotopic (exact) mass is 659 g/mol. The quantitative estimate of drug-likeness (QED) is 0.0516. The largest absolute Gasteiger partial charge is 0.385 e. The zero-order chi connectivity index (χ0) is 34.2. The van der Waals surface area contributed by atoms with Crippen LogP contribution in [-0.2, 0) is 9.47 Å². The summed E-state index contributed by atoms with van der Waals surface area (Å²) in [5.74, 6) is 0. The first-order chi connectivity index (χ1) is 22.1. The van der Waals surface area contributed by atoms with Crippen LogP contribution in [0.5, 0.6) is 0 Å². The molecule has 0 fully saturated rings. The average Bonchev–Trinajstić information content (AvgIpc) is 2.99. The summed E-state index contributed by atoms with van der Waals surface area (Å²) in [5, 5.41) is 21.0. The summed E-state index contributed by atoms with van der Waals surface area (Å²) in [6, 6.07) is 0. The van der Waals surface area contributed by atoms with Gasteiger partial charge in [0.15, 0.2) is 0 Å².